The zero-order chi connectivity index (χ0) is 51.0. The van der Waals surface area contributed by atoms with Crippen LogP contribution in [0.25, 0.3) is 0 Å². The lowest BCUT2D eigenvalue weighted by atomic mass is 9.97. The molecule has 2 saturated heterocycles. The van der Waals surface area contributed by atoms with Gasteiger partial charge in [0, 0.05) is 6.42 Å². The topological polar surface area (TPSA) is 228 Å². The lowest BCUT2D eigenvalue weighted by Gasteiger charge is -2.46. The second kappa shape index (κ2) is 43.0. The molecule has 0 bridgehead atoms. The third-order valence-electron chi connectivity index (χ3n) is 14.5. The Bertz CT molecular complexity index is 1230. The molecule has 2 aliphatic heterocycles. The minimum absolute atomic E-state index is 0.214. The second-order valence-corrected chi connectivity index (χ2v) is 20.8. The standard InChI is InChI=1S/C56H107NO13/c1-3-5-7-9-11-13-15-17-18-19-20-21-22-23-24-25-26-27-28-29-31-33-35-37-39-45(60)44(57-48(61)40-38-36-34-32-30-16-14-12-10-8-6-4-2)43-67-55-53(66)51(64)54(47(42-59)69-55)70-56-52(65)50(63)49(62)46(41-58)68-56/h12,14,44-47,49-56,58-60,62-66H,3-11,13,15-43H2,1-2H3,(H,57,61)/b14-12-. The molecule has 12 atom stereocenters. The molecule has 0 saturated carbocycles. The predicted molar refractivity (Wildman–Crippen MR) is 277 cm³/mol. The van der Waals surface area contributed by atoms with Crippen LogP contribution in [0.5, 0.6) is 0 Å². The average Bonchev–Trinajstić information content (AvgIpc) is 3.36. The van der Waals surface area contributed by atoms with Gasteiger partial charge in [-0.2, -0.15) is 0 Å². The number of unbranched alkanes of at least 4 members (excludes halogenated alkanes) is 31. The van der Waals surface area contributed by atoms with Crippen LogP contribution < -0.4 is 5.32 Å². The van der Waals surface area contributed by atoms with Crippen molar-refractivity contribution in [3.05, 3.63) is 12.2 Å². The molecular formula is C56H107NO13. The van der Waals surface area contributed by atoms with E-state index in [9.17, 15) is 45.6 Å². The molecule has 0 aromatic carbocycles. The number of carbonyl (C=O) groups is 1. The number of rotatable bonds is 46. The SMILES string of the molecule is CCCCC/C=C\CCCCCCCC(=O)NC(COC1OC(CO)C(OC2OC(CO)C(O)C(O)C2O)C(O)C1O)C(O)CCCCCCCCCCCCCCCCCCCCCCCCCC. The second-order valence-electron chi connectivity index (χ2n) is 20.8. The molecule has 0 aromatic heterocycles. The zero-order valence-corrected chi connectivity index (χ0v) is 44.3. The molecule has 2 fully saturated rings. The van der Waals surface area contributed by atoms with Crippen LogP contribution in [0.4, 0.5) is 0 Å². The molecule has 14 nitrogen and oxygen atoms in total. The monoisotopic (exact) mass is 1000 g/mol. The summed E-state index contributed by atoms with van der Waals surface area (Å²) in [5.74, 6) is -0.214. The van der Waals surface area contributed by atoms with Gasteiger partial charge >= 0.3 is 0 Å². The first-order valence-corrected chi connectivity index (χ1v) is 28.9. The maximum Gasteiger partial charge on any atom is 0.220 e. The van der Waals surface area contributed by atoms with Crippen molar-refractivity contribution in [2.75, 3.05) is 19.8 Å². The highest BCUT2D eigenvalue weighted by Gasteiger charge is 2.51. The molecule has 70 heavy (non-hydrogen) atoms. The fourth-order valence-corrected chi connectivity index (χ4v) is 9.76. The molecule has 2 rings (SSSR count). The Morgan fingerprint density at radius 1 is 0.500 bits per heavy atom. The number of hydrogen-bond acceptors (Lipinski definition) is 13. The molecule has 0 spiro atoms. The first kappa shape index (κ1) is 64.8. The highest BCUT2D eigenvalue weighted by atomic mass is 16.7. The zero-order valence-electron chi connectivity index (χ0n) is 44.3. The van der Waals surface area contributed by atoms with E-state index >= 15 is 0 Å². The first-order chi connectivity index (χ1) is 34.1. The van der Waals surface area contributed by atoms with Gasteiger partial charge in [-0.05, 0) is 38.5 Å². The van der Waals surface area contributed by atoms with Gasteiger partial charge in [-0.25, -0.2) is 0 Å². The molecule has 0 radical (unpaired) electrons. The van der Waals surface area contributed by atoms with Crippen LogP contribution in [0.2, 0.25) is 0 Å². The maximum absolute atomic E-state index is 13.2. The lowest BCUT2D eigenvalue weighted by Crippen LogP contribution is -2.65. The van der Waals surface area contributed by atoms with Crippen molar-refractivity contribution < 1.29 is 64.6 Å². The Labute approximate surface area is 425 Å². The van der Waals surface area contributed by atoms with Gasteiger partial charge in [-0.3, -0.25) is 4.79 Å². The largest absolute Gasteiger partial charge is 0.394 e. The van der Waals surface area contributed by atoms with Crippen molar-refractivity contribution in [3.8, 4) is 0 Å². The van der Waals surface area contributed by atoms with Crippen molar-refractivity contribution in [2.45, 2.75) is 319 Å². The van der Waals surface area contributed by atoms with E-state index in [1.807, 2.05) is 0 Å². The summed E-state index contributed by atoms with van der Waals surface area (Å²) in [6, 6.07) is -0.829. The van der Waals surface area contributed by atoms with Gasteiger partial charge in [0.05, 0.1) is 32.0 Å². The third kappa shape index (κ3) is 29.0. The van der Waals surface area contributed by atoms with E-state index in [1.54, 1.807) is 0 Å². The van der Waals surface area contributed by atoms with E-state index in [4.69, 9.17) is 18.9 Å². The van der Waals surface area contributed by atoms with Crippen LogP contribution in [0.1, 0.15) is 245 Å². The molecule has 414 valence electrons. The van der Waals surface area contributed by atoms with Gasteiger partial charge in [0.15, 0.2) is 12.6 Å². The fourth-order valence-electron chi connectivity index (χ4n) is 9.76. The van der Waals surface area contributed by atoms with Crippen molar-refractivity contribution in [1.29, 1.82) is 0 Å². The van der Waals surface area contributed by atoms with E-state index in [1.165, 1.54) is 148 Å². The van der Waals surface area contributed by atoms with E-state index in [0.717, 1.165) is 64.2 Å². The summed E-state index contributed by atoms with van der Waals surface area (Å²) in [7, 11) is 0. The van der Waals surface area contributed by atoms with Gasteiger partial charge in [0.25, 0.3) is 0 Å². The number of hydrogen-bond donors (Lipinski definition) is 9. The van der Waals surface area contributed by atoms with Gasteiger partial charge < -0.3 is 65.1 Å². The smallest absolute Gasteiger partial charge is 0.220 e. The summed E-state index contributed by atoms with van der Waals surface area (Å²) in [6.45, 7) is 2.84. The van der Waals surface area contributed by atoms with Crippen LogP contribution in [0.15, 0.2) is 12.2 Å². The van der Waals surface area contributed by atoms with Gasteiger partial charge in [0.1, 0.15) is 48.8 Å². The van der Waals surface area contributed by atoms with Gasteiger partial charge in [0.2, 0.25) is 5.91 Å². The molecule has 9 N–H and O–H groups in total. The Hall–Kier alpha value is -1.27. The van der Waals surface area contributed by atoms with Crippen LogP contribution in [0, 0.1) is 0 Å². The number of allylic oxidation sites excluding steroid dienone is 2. The highest BCUT2D eigenvalue weighted by molar-refractivity contribution is 5.76. The molecule has 2 heterocycles. The Morgan fingerprint density at radius 3 is 1.39 bits per heavy atom. The quantitative estimate of drug-likeness (QED) is 0.0205. The van der Waals surface area contributed by atoms with Crippen LogP contribution in [-0.4, -0.2) is 140 Å². The van der Waals surface area contributed by atoms with E-state index < -0.39 is 86.8 Å². The third-order valence-corrected chi connectivity index (χ3v) is 14.5. The number of aliphatic hydroxyl groups excluding tert-OH is 8. The first-order valence-electron chi connectivity index (χ1n) is 28.9. The molecule has 12 unspecified atom stereocenters. The summed E-state index contributed by atoms with van der Waals surface area (Å²) in [4.78, 5) is 13.2. The minimum atomic E-state index is -1.78. The number of ether oxygens (including phenoxy) is 4. The van der Waals surface area contributed by atoms with Crippen molar-refractivity contribution in [2.24, 2.45) is 0 Å². The fraction of sp³-hybridized carbons (Fsp3) is 0.946. The molecule has 14 heteroatoms. The van der Waals surface area contributed by atoms with Crippen LogP contribution >= 0.6 is 0 Å². The molecule has 0 aromatic rings. The molecular weight excluding hydrogens is 895 g/mol. The Morgan fingerprint density at radius 2 is 0.900 bits per heavy atom. The minimum Gasteiger partial charge on any atom is -0.394 e. The maximum atomic E-state index is 13.2. The number of carbonyl (C=O) groups excluding carboxylic acids is 1. The summed E-state index contributed by atoms with van der Waals surface area (Å²) in [5, 5.41) is 87.1. The van der Waals surface area contributed by atoms with Gasteiger partial charge in [-0.1, -0.05) is 212 Å². The van der Waals surface area contributed by atoms with E-state index in [0.29, 0.717) is 19.3 Å². The van der Waals surface area contributed by atoms with Crippen molar-refractivity contribution in [3.63, 3.8) is 0 Å². The van der Waals surface area contributed by atoms with E-state index in [-0.39, 0.29) is 12.5 Å². The van der Waals surface area contributed by atoms with E-state index in [2.05, 4.69) is 31.3 Å². The molecule has 1 amide bonds. The predicted octanol–water partition coefficient (Wildman–Crippen LogP) is 9.11. The normalized spacial score (nSPS) is 26.0. The summed E-state index contributed by atoms with van der Waals surface area (Å²) < 4.78 is 22.8. The van der Waals surface area contributed by atoms with Crippen LogP contribution in [-0.2, 0) is 23.7 Å². The highest BCUT2D eigenvalue weighted by Crippen LogP contribution is 2.30. The Balaban J connectivity index is 1.73. The van der Waals surface area contributed by atoms with Crippen molar-refractivity contribution in [1.82, 2.24) is 5.32 Å². The number of aliphatic hydroxyl groups is 8. The summed E-state index contributed by atoms with van der Waals surface area (Å²) >= 11 is 0. The number of nitrogens with one attached hydrogen (secondary N) is 1. The Kier molecular flexibility index (Phi) is 39.9. The average molecular weight is 1000 g/mol. The van der Waals surface area contributed by atoms with Gasteiger partial charge in [-0.15, -0.1) is 0 Å². The molecule has 0 aliphatic carbocycles. The summed E-state index contributed by atoms with van der Waals surface area (Å²) in [5.41, 5.74) is 0. The van der Waals surface area contributed by atoms with Crippen LogP contribution in [0.3, 0.4) is 0 Å². The summed E-state index contributed by atoms with van der Waals surface area (Å²) in [6.07, 6.45) is 30.8. The number of amides is 1. The lowest BCUT2D eigenvalue weighted by molar-refractivity contribution is -0.359. The molecule has 2 aliphatic rings. The van der Waals surface area contributed by atoms with Crippen molar-refractivity contribution >= 4 is 5.91 Å².